The number of benzene rings is 1. The molecule has 0 spiro atoms. The van der Waals surface area contributed by atoms with Crippen molar-refractivity contribution in [2.75, 3.05) is 13.1 Å². The Hall–Kier alpha value is -1.88. The van der Waals surface area contributed by atoms with Crippen molar-refractivity contribution in [2.45, 2.75) is 38.0 Å². The zero-order valence-electron chi connectivity index (χ0n) is 12.3. The third-order valence-electron chi connectivity index (χ3n) is 4.19. The molecule has 0 bridgehead atoms. The molecular weight excluding hydrogens is 266 g/mol. The molecule has 1 aromatic heterocycles. The second-order valence-corrected chi connectivity index (χ2v) is 5.82. The van der Waals surface area contributed by atoms with Gasteiger partial charge in [-0.15, -0.1) is 0 Å². The molecule has 0 aliphatic carbocycles. The van der Waals surface area contributed by atoms with Gasteiger partial charge in [0.1, 0.15) is 5.75 Å². The van der Waals surface area contributed by atoms with Gasteiger partial charge < -0.3 is 14.9 Å². The highest BCUT2D eigenvalue weighted by molar-refractivity contribution is 5.27. The van der Waals surface area contributed by atoms with Crippen LogP contribution in [0.1, 0.15) is 43.5 Å². The third kappa shape index (κ3) is 2.93. The third-order valence-corrected chi connectivity index (χ3v) is 4.19. The number of aromatic hydroxyl groups is 1. The van der Waals surface area contributed by atoms with Crippen LogP contribution in [0.5, 0.6) is 5.75 Å². The maximum absolute atomic E-state index is 9.31. The Labute approximate surface area is 124 Å². The molecule has 112 valence electrons. The van der Waals surface area contributed by atoms with Crippen LogP contribution in [0.15, 0.2) is 28.8 Å². The van der Waals surface area contributed by atoms with Crippen molar-refractivity contribution < 1.29 is 9.63 Å². The van der Waals surface area contributed by atoms with Crippen LogP contribution in [0, 0.1) is 0 Å². The van der Waals surface area contributed by atoms with Crippen molar-refractivity contribution >= 4 is 0 Å². The molecule has 2 heterocycles. The van der Waals surface area contributed by atoms with Crippen molar-refractivity contribution in [1.29, 1.82) is 0 Å². The summed E-state index contributed by atoms with van der Waals surface area (Å²) in [5.74, 6) is 1.74. The first-order valence-electron chi connectivity index (χ1n) is 7.53. The molecule has 5 nitrogen and oxygen atoms in total. The van der Waals surface area contributed by atoms with E-state index in [-0.39, 0.29) is 11.2 Å². The van der Waals surface area contributed by atoms with E-state index in [1.165, 1.54) is 0 Å². The normalized spacial score (nSPS) is 21.8. The number of phenolic OH excluding ortho intramolecular Hbond substituents is 1. The predicted octanol–water partition coefficient (Wildman–Crippen LogP) is 2.40. The minimum absolute atomic E-state index is 0.00888. The highest BCUT2D eigenvalue weighted by Crippen LogP contribution is 2.34. The monoisotopic (exact) mass is 287 g/mol. The topological polar surface area (TPSA) is 71.2 Å². The summed E-state index contributed by atoms with van der Waals surface area (Å²) >= 11 is 0. The lowest BCUT2D eigenvalue weighted by Gasteiger charge is -2.22. The Kier molecular flexibility index (Phi) is 3.92. The summed E-state index contributed by atoms with van der Waals surface area (Å²) in [4.78, 5) is 4.62. The lowest BCUT2D eigenvalue weighted by molar-refractivity contribution is 0.276. The maximum Gasteiger partial charge on any atom is 0.234 e. The van der Waals surface area contributed by atoms with Crippen molar-refractivity contribution in [3.05, 3.63) is 41.5 Å². The van der Waals surface area contributed by atoms with Gasteiger partial charge in [-0.05, 0) is 37.1 Å². The first-order valence-corrected chi connectivity index (χ1v) is 7.53. The number of phenols is 1. The van der Waals surface area contributed by atoms with Crippen molar-refractivity contribution in [2.24, 2.45) is 0 Å². The molecular formula is C16H21N3O2. The Balaban J connectivity index is 1.77. The van der Waals surface area contributed by atoms with Crippen LogP contribution >= 0.6 is 0 Å². The molecule has 1 aliphatic heterocycles. The fourth-order valence-corrected chi connectivity index (χ4v) is 3.06. The summed E-state index contributed by atoms with van der Waals surface area (Å²) in [6, 6.07) is 7.11. The van der Waals surface area contributed by atoms with E-state index in [0.717, 1.165) is 43.8 Å². The molecule has 2 aromatic rings. The number of hydrogen-bond donors (Lipinski definition) is 2. The fourth-order valence-electron chi connectivity index (χ4n) is 3.06. The minimum Gasteiger partial charge on any atom is -0.508 e. The molecule has 1 aromatic carbocycles. The molecule has 0 radical (unpaired) electrons. The van der Waals surface area contributed by atoms with Crippen LogP contribution in [0.4, 0.5) is 0 Å². The predicted molar refractivity (Wildman–Crippen MR) is 79.3 cm³/mol. The van der Waals surface area contributed by atoms with Crippen molar-refractivity contribution in [3.63, 3.8) is 0 Å². The van der Waals surface area contributed by atoms with E-state index in [1.807, 2.05) is 12.1 Å². The lowest BCUT2D eigenvalue weighted by atomic mass is 9.82. The molecule has 0 saturated carbocycles. The second kappa shape index (κ2) is 5.85. The largest absolute Gasteiger partial charge is 0.508 e. The van der Waals surface area contributed by atoms with E-state index in [1.54, 1.807) is 12.1 Å². The van der Waals surface area contributed by atoms with Gasteiger partial charge in [0.15, 0.2) is 5.82 Å². The second-order valence-electron chi connectivity index (χ2n) is 5.82. The zero-order chi connectivity index (χ0) is 14.7. The van der Waals surface area contributed by atoms with Gasteiger partial charge in [0.05, 0.1) is 5.41 Å². The van der Waals surface area contributed by atoms with Gasteiger partial charge in [-0.1, -0.05) is 30.6 Å². The van der Waals surface area contributed by atoms with Gasteiger partial charge >= 0.3 is 0 Å². The smallest absolute Gasteiger partial charge is 0.234 e. The van der Waals surface area contributed by atoms with E-state index in [0.29, 0.717) is 12.2 Å². The summed E-state index contributed by atoms with van der Waals surface area (Å²) in [6.07, 6.45) is 3.86. The summed E-state index contributed by atoms with van der Waals surface area (Å²) < 4.78 is 5.55. The molecule has 1 atom stereocenters. The maximum atomic E-state index is 9.31. The van der Waals surface area contributed by atoms with Gasteiger partial charge in [0.2, 0.25) is 5.89 Å². The standard InChI is InChI=1S/C16H21N3O2/c1-2-7-16(8-9-17-11-16)15-18-14(19-21-15)10-12-3-5-13(20)6-4-12/h3-6,17,20H,2,7-11H2,1H3. The van der Waals surface area contributed by atoms with E-state index < -0.39 is 0 Å². The van der Waals surface area contributed by atoms with E-state index >= 15 is 0 Å². The summed E-state index contributed by atoms with van der Waals surface area (Å²) in [7, 11) is 0. The number of nitrogens with one attached hydrogen (secondary N) is 1. The number of rotatable bonds is 5. The van der Waals surface area contributed by atoms with Gasteiger partial charge in [-0.25, -0.2) is 0 Å². The summed E-state index contributed by atoms with van der Waals surface area (Å²) in [5.41, 5.74) is 1.07. The molecule has 0 amide bonds. The Bertz CT molecular complexity index is 586. The number of nitrogens with zero attached hydrogens (tertiary/aromatic N) is 2. The van der Waals surface area contributed by atoms with Crippen molar-refractivity contribution in [3.8, 4) is 5.75 Å². The minimum atomic E-state index is 0.00888. The quantitative estimate of drug-likeness (QED) is 0.883. The highest BCUT2D eigenvalue weighted by atomic mass is 16.5. The van der Waals surface area contributed by atoms with Gasteiger partial charge in [-0.2, -0.15) is 4.98 Å². The van der Waals surface area contributed by atoms with E-state index in [2.05, 4.69) is 22.4 Å². The summed E-state index contributed by atoms with van der Waals surface area (Å²) in [5, 5.41) is 16.8. The molecule has 21 heavy (non-hydrogen) atoms. The molecule has 3 rings (SSSR count). The van der Waals surface area contributed by atoms with Gasteiger partial charge in [0.25, 0.3) is 0 Å². The Morgan fingerprint density at radius 2 is 2.14 bits per heavy atom. The molecule has 2 N–H and O–H groups in total. The van der Waals surface area contributed by atoms with E-state index in [9.17, 15) is 5.11 Å². The number of aromatic nitrogens is 2. The SMILES string of the molecule is CCCC1(c2nc(Cc3ccc(O)cc3)no2)CCNC1. The molecule has 1 aliphatic rings. The Morgan fingerprint density at radius 1 is 1.33 bits per heavy atom. The average Bonchev–Trinajstić information content (AvgIpc) is 3.12. The highest BCUT2D eigenvalue weighted by Gasteiger charge is 2.39. The van der Waals surface area contributed by atoms with Crippen LogP contribution in [0.2, 0.25) is 0 Å². The molecule has 1 unspecified atom stereocenters. The van der Waals surface area contributed by atoms with Crippen LogP contribution in [0.3, 0.4) is 0 Å². The van der Waals surface area contributed by atoms with Gasteiger partial charge in [-0.3, -0.25) is 0 Å². The summed E-state index contributed by atoms with van der Waals surface area (Å²) in [6.45, 7) is 4.12. The number of hydrogen-bond acceptors (Lipinski definition) is 5. The van der Waals surface area contributed by atoms with Crippen LogP contribution in [-0.4, -0.2) is 28.3 Å². The Morgan fingerprint density at radius 3 is 2.81 bits per heavy atom. The average molecular weight is 287 g/mol. The molecule has 1 fully saturated rings. The lowest BCUT2D eigenvalue weighted by Crippen LogP contribution is -2.29. The molecule has 1 saturated heterocycles. The van der Waals surface area contributed by atoms with Crippen molar-refractivity contribution in [1.82, 2.24) is 15.5 Å². The fraction of sp³-hybridized carbons (Fsp3) is 0.500. The first-order chi connectivity index (χ1) is 10.2. The van der Waals surface area contributed by atoms with Crippen LogP contribution < -0.4 is 5.32 Å². The van der Waals surface area contributed by atoms with Gasteiger partial charge in [0, 0.05) is 13.0 Å². The van der Waals surface area contributed by atoms with Crippen LogP contribution in [0.25, 0.3) is 0 Å². The van der Waals surface area contributed by atoms with E-state index in [4.69, 9.17) is 4.52 Å². The molecule has 5 heteroatoms. The first kappa shape index (κ1) is 14.1. The zero-order valence-corrected chi connectivity index (χ0v) is 12.3. The van der Waals surface area contributed by atoms with Crippen LogP contribution in [-0.2, 0) is 11.8 Å².